The van der Waals surface area contributed by atoms with Gasteiger partial charge in [-0.25, -0.2) is 5.01 Å². The minimum Gasteiger partial charge on any atom is -0.493 e. The van der Waals surface area contributed by atoms with Crippen LogP contribution >= 0.6 is 11.8 Å². The molecule has 2 aliphatic heterocycles. The molecule has 2 rings (SSSR count). The predicted octanol–water partition coefficient (Wildman–Crippen LogP) is -0.217. The molecule has 0 saturated carbocycles. The number of imide groups is 1. The summed E-state index contributed by atoms with van der Waals surface area (Å²) in [6.45, 7) is 0. The first-order valence-electron chi connectivity index (χ1n) is 4.73. The van der Waals surface area contributed by atoms with Gasteiger partial charge in [-0.1, -0.05) is 11.8 Å². The van der Waals surface area contributed by atoms with Gasteiger partial charge in [0.2, 0.25) is 23.6 Å². The van der Waals surface area contributed by atoms with Crippen LogP contribution in [0.3, 0.4) is 0 Å². The molecule has 0 spiro atoms. The molecule has 2 heterocycles. The van der Waals surface area contributed by atoms with Crippen molar-refractivity contribution in [2.75, 3.05) is 0 Å². The molecule has 8 heteroatoms. The SMILES string of the molecule is NC(=O)/C=C1\SC=C(O)N1N1C(=O)CCC1=O. The number of hydrogen-bond donors (Lipinski definition) is 2. The smallest absolute Gasteiger partial charge is 0.249 e. The molecule has 17 heavy (non-hydrogen) atoms. The van der Waals surface area contributed by atoms with E-state index in [1.807, 2.05) is 0 Å². The highest BCUT2D eigenvalue weighted by atomic mass is 32.2. The van der Waals surface area contributed by atoms with E-state index in [0.29, 0.717) is 0 Å². The van der Waals surface area contributed by atoms with Crippen molar-refractivity contribution in [1.29, 1.82) is 0 Å². The predicted molar refractivity (Wildman–Crippen MR) is 58.5 cm³/mol. The third-order valence-corrected chi connectivity index (χ3v) is 3.06. The zero-order chi connectivity index (χ0) is 12.6. The summed E-state index contributed by atoms with van der Waals surface area (Å²) in [5.41, 5.74) is 5.00. The number of aliphatic hydroxyl groups excluding tert-OH is 1. The Morgan fingerprint density at radius 3 is 2.47 bits per heavy atom. The van der Waals surface area contributed by atoms with Gasteiger partial charge in [0.25, 0.3) is 0 Å². The normalized spacial score (nSPS) is 22.6. The molecule has 1 saturated heterocycles. The van der Waals surface area contributed by atoms with Crippen LogP contribution in [0.15, 0.2) is 22.4 Å². The van der Waals surface area contributed by atoms with Gasteiger partial charge < -0.3 is 10.8 Å². The fourth-order valence-corrected chi connectivity index (χ4v) is 2.32. The van der Waals surface area contributed by atoms with E-state index >= 15 is 0 Å². The number of amides is 3. The fraction of sp³-hybridized carbons (Fsp3) is 0.222. The minimum absolute atomic E-state index is 0.0944. The second kappa shape index (κ2) is 4.13. The van der Waals surface area contributed by atoms with Crippen molar-refractivity contribution in [3.8, 4) is 0 Å². The highest BCUT2D eigenvalue weighted by molar-refractivity contribution is 8.06. The van der Waals surface area contributed by atoms with Gasteiger partial charge in [0.1, 0.15) is 5.03 Å². The van der Waals surface area contributed by atoms with Crippen LogP contribution in [0.1, 0.15) is 12.8 Å². The number of thioether (sulfide) groups is 1. The van der Waals surface area contributed by atoms with Crippen molar-refractivity contribution >= 4 is 29.5 Å². The summed E-state index contributed by atoms with van der Waals surface area (Å²) in [6.07, 6.45) is 1.23. The summed E-state index contributed by atoms with van der Waals surface area (Å²) < 4.78 is 0. The second-order valence-corrected chi connectivity index (χ2v) is 4.28. The molecule has 90 valence electrons. The Kier molecular flexibility index (Phi) is 2.80. The summed E-state index contributed by atoms with van der Waals surface area (Å²) in [5, 5.41) is 12.9. The molecule has 3 N–H and O–H groups in total. The van der Waals surface area contributed by atoms with E-state index in [-0.39, 0.29) is 23.8 Å². The molecule has 0 aliphatic carbocycles. The summed E-state index contributed by atoms with van der Waals surface area (Å²) in [4.78, 5) is 33.8. The van der Waals surface area contributed by atoms with Crippen LogP contribution in [-0.4, -0.2) is 32.8 Å². The molecule has 0 bridgehead atoms. The topological polar surface area (TPSA) is 104 Å². The Morgan fingerprint density at radius 2 is 1.94 bits per heavy atom. The van der Waals surface area contributed by atoms with E-state index < -0.39 is 17.7 Å². The number of rotatable bonds is 2. The van der Waals surface area contributed by atoms with Crippen LogP contribution in [0.5, 0.6) is 0 Å². The number of aliphatic hydroxyl groups is 1. The van der Waals surface area contributed by atoms with Crippen molar-refractivity contribution in [2.45, 2.75) is 12.8 Å². The molecule has 0 radical (unpaired) electrons. The van der Waals surface area contributed by atoms with Crippen LogP contribution in [-0.2, 0) is 14.4 Å². The van der Waals surface area contributed by atoms with Crippen molar-refractivity contribution in [3.63, 3.8) is 0 Å². The monoisotopic (exact) mass is 255 g/mol. The molecule has 1 fully saturated rings. The third-order valence-electron chi connectivity index (χ3n) is 2.20. The lowest BCUT2D eigenvalue weighted by Crippen LogP contribution is -2.43. The number of hydrazine groups is 1. The molecule has 7 nitrogen and oxygen atoms in total. The largest absolute Gasteiger partial charge is 0.493 e. The number of carbonyl (C=O) groups excluding carboxylic acids is 3. The van der Waals surface area contributed by atoms with Crippen molar-refractivity contribution in [3.05, 3.63) is 22.4 Å². The first kappa shape index (κ1) is 11.5. The highest BCUT2D eigenvalue weighted by Crippen LogP contribution is 2.36. The quantitative estimate of drug-likeness (QED) is 0.522. The van der Waals surface area contributed by atoms with Gasteiger partial charge in [-0.2, -0.15) is 5.01 Å². The van der Waals surface area contributed by atoms with Gasteiger partial charge in [0, 0.05) is 24.3 Å². The second-order valence-electron chi connectivity index (χ2n) is 3.39. The Morgan fingerprint density at radius 1 is 1.35 bits per heavy atom. The van der Waals surface area contributed by atoms with Gasteiger partial charge in [-0.15, -0.1) is 0 Å². The van der Waals surface area contributed by atoms with Crippen molar-refractivity contribution in [1.82, 2.24) is 10.0 Å². The first-order valence-corrected chi connectivity index (χ1v) is 5.61. The molecule has 0 aromatic heterocycles. The molecule has 0 unspecified atom stereocenters. The Bertz CT molecular complexity index is 455. The number of carbonyl (C=O) groups is 3. The van der Waals surface area contributed by atoms with E-state index in [2.05, 4.69) is 0 Å². The van der Waals surface area contributed by atoms with Crippen molar-refractivity contribution in [2.24, 2.45) is 5.73 Å². The summed E-state index contributed by atoms with van der Waals surface area (Å²) in [5.74, 6) is -1.86. The van der Waals surface area contributed by atoms with Gasteiger partial charge in [-0.05, 0) is 0 Å². The van der Waals surface area contributed by atoms with Gasteiger partial charge in [0.15, 0.2) is 0 Å². The zero-order valence-electron chi connectivity index (χ0n) is 8.62. The van der Waals surface area contributed by atoms with E-state index in [1.165, 1.54) is 5.41 Å². The van der Waals surface area contributed by atoms with Crippen LogP contribution < -0.4 is 5.73 Å². The van der Waals surface area contributed by atoms with Gasteiger partial charge >= 0.3 is 0 Å². The molecule has 0 atom stereocenters. The lowest BCUT2D eigenvalue weighted by atomic mass is 10.4. The van der Waals surface area contributed by atoms with Gasteiger partial charge in [-0.3, -0.25) is 14.4 Å². The van der Waals surface area contributed by atoms with E-state index in [9.17, 15) is 19.5 Å². The number of hydrogen-bond acceptors (Lipinski definition) is 6. The average Bonchev–Trinajstić information content (AvgIpc) is 2.72. The van der Waals surface area contributed by atoms with Crippen LogP contribution in [0, 0.1) is 0 Å². The Labute approximate surface area is 100 Å². The average molecular weight is 255 g/mol. The Hall–Kier alpha value is -1.96. The zero-order valence-corrected chi connectivity index (χ0v) is 9.44. The third kappa shape index (κ3) is 1.98. The molecule has 0 aromatic rings. The summed E-state index contributed by atoms with van der Waals surface area (Å²) in [6, 6.07) is 0. The van der Waals surface area contributed by atoms with E-state index in [4.69, 9.17) is 5.73 Å². The maximum absolute atomic E-state index is 11.5. The number of primary amides is 1. The highest BCUT2D eigenvalue weighted by Gasteiger charge is 2.39. The minimum atomic E-state index is -0.723. The first-order chi connectivity index (χ1) is 8.00. The van der Waals surface area contributed by atoms with Gasteiger partial charge in [0.05, 0.1) is 0 Å². The molecular weight excluding hydrogens is 246 g/mol. The summed E-state index contributed by atoms with van der Waals surface area (Å²) >= 11 is 1.01. The Balaban J connectivity index is 2.34. The fourth-order valence-electron chi connectivity index (χ4n) is 1.53. The lowest BCUT2D eigenvalue weighted by molar-refractivity contribution is -0.153. The molecule has 3 amide bonds. The maximum Gasteiger partial charge on any atom is 0.249 e. The maximum atomic E-state index is 11.5. The lowest BCUT2D eigenvalue weighted by Gasteiger charge is -2.27. The van der Waals surface area contributed by atoms with E-state index in [1.54, 1.807) is 0 Å². The van der Waals surface area contributed by atoms with E-state index in [0.717, 1.165) is 27.9 Å². The number of nitrogens with two attached hydrogens (primary N) is 1. The molecule has 0 aromatic carbocycles. The van der Waals surface area contributed by atoms with Crippen molar-refractivity contribution < 1.29 is 19.5 Å². The standard InChI is InChI=1S/C9H9N3O4S/c10-5(13)3-9-12(8(16)4-17-9)11-6(14)1-2-7(11)15/h3-4,16H,1-2H2,(H2,10,13)/b9-3-. The van der Waals surface area contributed by atoms with Crippen LogP contribution in [0.2, 0.25) is 0 Å². The molecular formula is C9H9N3O4S. The molecule has 2 aliphatic rings. The van der Waals surface area contributed by atoms with Crippen LogP contribution in [0.4, 0.5) is 0 Å². The summed E-state index contributed by atoms with van der Waals surface area (Å²) in [7, 11) is 0. The van der Waals surface area contributed by atoms with Crippen LogP contribution in [0.25, 0.3) is 0 Å². The number of nitrogens with zero attached hydrogens (tertiary/aromatic N) is 2.